The zero-order valence-corrected chi connectivity index (χ0v) is 23.7. The largest absolute Gasteiger partial charge is 0.478 e. The summed E-state index contributed by atoms with van der Waals surface area (Å²) in [5.74, 6) is -6.32. The average molecular weight is 604 g/mol. The van der Waals surface area contributed by atoms with Crippen molar-refractivity contribution in [2.24, 2.45) is 5.41 Å². The minimum atomic E-state index is -1.83. The van der Waals surface area contributed by atoms with Gasteiger partial charge in [-0.1, -0.05) is 62.2 Å². The van der Waals surface area contributed by atoms with E-state index in [4.69, 9.17) is 28.3 Å². The molecule has 0 saturated carbocycles. The van der Waals surface area contributed by atoms with Gasteiger partial charge >= 0.3 is 5.97 Å². The maximum Gasteiger partial charge on any atom is 0.338 e. The number of rotatable bonds is 6. The molecule has 3 aromatic carbocycles. The van der Waals surface area contributed by atoms with Crippen molar-refractivity contribution < 1.29 is 27.9 Å². The van der Waals surface area contributed by atoms with E-state index in [1.54, 1.807) is 0 Å². The lowest BCUT2D eigenvalue weighted by Gasteiger charge is -2.37. The summed E-state index contributed by atoms with van der Waals surface area (Å²) in [4.78, 5) is 25.0. The van der Waals surface area contributed by atoms with Crippen LogP contribution in [0.5, 0.6) is 0 Å². The summed E-state index contributed by atoms with van der Waals surface area (Å²) >= 11 is 12.1. The molecule has 214 valence electrons. The Balaban J connectivity index is 1.93. The molecule has 1 fully saturated rings. The van der Waals surface area contributed by atoms with Crippen LogP contribution < -0.4 is 10.6 Å². The Hall–Kier alpha value is -3.58. The molecule has 1 unspecified atom stereocenters. The first-order valence-electron chi connectivity index (χ1n) is 12.6. The standard InChI is InChI=1S/C30H26Cl2F3N3O3/c1-29(2,3)13-23-30(14-36,19-10-7-15(31)11-22(19)34)24(18-5-4-6-20(32)25(18)35)26(38-23)27(39)37-16-8-9-17(28(40)41)21(33)12-16/h4-12,23-24,26,38H,13H2,1-3H3,(H,37,39)(H,40,41)/t23-,24-,26?,30-/m0/s1. The molecule has 0 bridgehead atoms. The van der Waals surface area contributed by atoms with E-state index in [0.717, 1.165) is 18.2 Å². The molecule has 3 N–H and O–H groups in total. The lowest BCUT2D eigenvalue weighted by molar-refractivity contribution is -0.118. The Bertz CT molecular complexity index is 1570. The average Bonchev–Trinajstić information content (AvgIpc) is 3.18. The molecular weight excluding hydrogens is 578 g/mol. The highest BCUT2D eigenvalue weighted by molar-refractivity contribution is 6.31. The van der Waals surface area contributed by atoms with Gasteiger partial charge in [0.1, 0.15) is 22.9 Å². The normalized spacial score (nSPS) is 22.3. The number of carbonyl (C=O) groups is 2. The van der Waals surface area contributed by atoms with Gasteiger partial charge < -0.3 is 15.7 Å². The minimum Gasteiger partial charge on any atom is -0.478 e. The van der Waals surface area contributed by atoms with E-state index in [1.807, 2.05) is 20.8 Å². The van der Waals surface area contributed by atoms with E-state index in [2.05, 4.69) is 16.7 Å². The molecule has 0 radical (unpaired) electrons. The molecular formula is C30H26Cl2F3N3O3. The van der Waals surface area contributed by atoms with Crippen LogP contribution in [0.25, 0.3) is 0 Å². The summed E-state index contributed by atoms with van der Waals surface area (Å²) in [6, 6.07) is 11.1. The van der Waals surface area contributed by atoms with E-state index in [-0.39, 0.29) is 33.3 Å². The van der Waals surface area contributed by atoms with Gasteiger partial charge in [0.15, 0.2) is 0 Å². The molecule has 1 saturated heterocycles. The van der Waals surface area contributed by atoms with Gasteiger partial charge in [0, 0.05) is 28.2 Å². The fourth-order valence-electron chi connectivity index (χ4n) is 5.54. The zero-order valence-electron chi connectivity index (χ0n) is 22.2. The van der Waals surface area contributed by atoms with Crippen molar-refractivity contribution in [2.75, 3.05) is 5.32 Å². The molecule has 4 rings (SSSR count). The topological polar surface area (TPSA) is 102 Å². The highest BCUT2D eigenvalue weighted by Crippen LogP contribution is 2.52. The third kappa shape index (κ3) is 5.78. The van der Waals surface area contributed by atoms with E-state index >= 15 is 8.78 Å². The van der Waals surface area contributed by atoms with Gasteiger partial charge in [-0.25, -0.2) is 18.0 Å². The molecule has 1 amide bonds. The van der Waals surface area contributed by atoms with Crippen LogP contribution in [-0.4, -0.2) is 29.1 Å². The Labute approximate surface area is 245 Å². The Morgan fingerprint density at radius 1 is 1.07 bits per heavy atom. The summed E-state index contributed by atoms with van der Waals surface area (Å²) in [5.41, 5.74) is -3.08. The number of anilines is 1. The zero-order chi connectivity index (χ0) is 30.3. The number of nitrogens with one attached hydrogen (secondary N) is 2. The number of hydrogen-bond acceptors (Lipinski definition) is 4. The molecule has 1 heterocycles. The van der Waals surface area contributed by atoms with Gasteiger partial charge in [-0.2, -0.15) is 5.26 Å². The summed E-state index contributed by atoms with van der Waals surface area (Å²) in [6.45, 7) is 5.72. The fourth-order valence-corrected chi connectivity index (χ4v) is 5.88. The van der Waals surface area contributed by atoms with Crippen LogP contribution in [0.2, 0.25) is 10.0 Å². The lowest BCUT2D eigenvalue weighted by Crippen LogP contribution is -2.45. The smallest absolute Gasteiger partial charge is 0.338 e. The third-order valence-electron chi connectivity index (χ3n) is 7.20. The highest BCUT2D eigenvalue weighted by atomic mass is 35.5. The van der Waals surface area contributed by atoms with Gasteiger partial charge in [0.25, 0.3) is 0 Å². The molecule has 11 heteroatoms. The minimum absolute atomic E-state index is 0.0656. The fraction of sp³-hybridized carbons (Fsp3) is 0.300. The Kier molecular flexibility index (Phi) is 8.42. The van der Waals surface area contributed by atoms with Crippen molar-refractivity contribution in [1.82, 2.24) is 5.32 Å². The SMILES string of the molecule is CC(C)(C)C[C@@H]1NC(C(=O)Nc2ccc(C(=O)O)c(F)c2)[C@H](c2cccc(Cl)c2F)[C@@]1(C#N)c1ccc(Cl)cc1F. The van der Waals surface area contributed by atoms with Crippen LogP contribution in [0, 0.1) is 34.2 Å². The van der Waals surface area contributed by atoms with Crippen LogP contribution in [0.15, 0.2) is 54.6 Å². The summed E-state index contributed by atoms with van der Waals surface area (Å²) in [6.07, 6.45) is 0.271. The van der Waals surface area contributed by atoms with Gasteiger partial charge in [0.2, 0.25) is 5.91 Å². The van der Waals surface area contributed by atoms with E-state index < -0.39 is 63.7 Å². The number of nitriles is 1. The molecule has 4 atom stereocenters. The van der Waals surface area contributed by atoms with Crippen molar-refractivity contribution in [3.8, 4) is 6.07 Å². The highest BCUT2D eigenvalue weighted by Gasteiger charge is 2.61. The van der Waals surface area contributed by atoms with E-state index in [0.29, 0.717) is 0 Å². The van der Waals surface area contributed by atoms with Gasteiger partial charge in [-0.15, -0.1) is 0 Å². The third-order valence-corrected chi connectivity index (χ3v) is 7.73. The number of carboxylic acids is 1. The van der Waals surface area contributed by atoms with Gasteiger partial charge in [-0.3, -0.25) is 4.79 Å². The Morgan fingerprint density at radius 3 is 2.37 bits per heavy atom. The van der Waals surface area contributed by atoms with Crippen LogP contribution in [0.4, 0.5) is 18.9 Å². The first-order valence-corrected chi connectivity index (χ1v) is 13.4. The lowest BCUT2D eigenvalue weighted by atomic mass is 9.62. The second-order valence-electron chi connectivity index (χ2n) is 11.2. The number of benzene rings is 3. The molecule has 6 nitrogen and oxygen atoms in total. The predicted octanol–water partition coefficient (Wildman–Crippen LogP) is 7.07. The first kappa shape index (κ1) is 30.4. The summed E-state index contributed by atoms with van der Waals surface area (Å²) in [5, 5.41) is 25.5. The number of halogens is 5. The van der Waals surface area contributed by atoms with Crippen molar-refractivity contribution in [3.63, 3.8) is 0 Å². The second kappa shape index (κ2) is 11.4. The maximum atomic E-state index is 15.7. The number of hydrogen-bond donors (Lipinski definition) is 3. The molecule has 41 heavy (non-hydrogen) atoms. The molecule has 3 aromatic rings. The number of carboxylic acid groups (broad SMARTS) is 1. The quantitative estimate of drug-likeness (QED) is 0.280. The van der Waals surface area contributed by atoms with Crippen molar-refractivity contribution in [1.29, 1.82) is 5.26 Å². The molecule has 1 aliphatic heterocycles. The van der Waals surface area contributed by atoms with Crippen molar-refractivity contribution in [3.05, 3.63) is 98.8 Å². The van der Waals surface area contributed by atoms with Crippen molar-refractivity contribution >= 4 is 40.8 Å². The van der Waals surface area contributed by atoms with Crippen LogP contribution in [0.3, 0.4) is 0 Å². The summed E-state index contributed by atoms with van der Waals surface area (Å²) < 4.78 is 45.7. The van der Waals surface area contributed by atoms with Gasteiger partial charge in [-0.05, 0) is 53.8 Å². The van der Waals surface area contributed by atoms with Gasteiger partial charge in [0.05, 0.1) is 22.7 Å². The number of carbonyl (C=O) groups excluding carboxylic acids is 1. The Morgan fingerprint density at radius 2 is 1.78 bits per heavy atom. The number of amides is 1. The maximum absolute atomic E-state index is 15.7. The van der Waals surface area contributed by atoms with Crippen LogP contribution in [0.1, 0.15) is 54.6 Å². The molecule has 0 spiro atoms. The first-order chi connectivity index (χ1) is 19.2. The summed E-state index contributed by atoms with van der Waals surface area (Å²) in [7, 11) is 0. The molecule has 1 aliphatic rings. The number of aromatic carboxylic acids is 1. The van der Waals surface area contributed by atoms with Crippen LogP contribution in [-0.2, 0) is 10.2 Å². The monoisotopic (exact) mass is 603 g/mol. The molecule has 0 aliphatic carbocycles. The van der Waals surface area contributed by atoms with E-state index in [9.17, 15) is 19.2 Å². The van der Waals surface area contributed by atoms with E-state index in [1.165, 1.54) is 36.4 Å². The predicted molar refractivity (Wildman–Crippen MR) is 150 cm³/mol. The molecule has 0 aromatic heterocycles. The number of nitrogens with zero attached hydrogens (tertiary/aromatic N) is 1. The second-order valence-corrected chi connectivity index (χ2v) is 12.0. The van der Waals surface area contributed by atoms with Crippen LogP contribution >= 0.6 is 23.2 Å². The van der Waals surface area contributed by atoms with Crippen molar-refractivity contribution in [2.45, 2.75) is 50.6 Å².